The normalized spacial score (nSPS) is 14.6. The number of anilines is 1. The average molecular weight is 328 g/mol. The van der Waals surface area contributed by atoms with Crippen LogP contribution in [0.5, 0.6) is 0 Å². The second kappa shape index (κ2) is 6.81. The molecule has 0 fully saturated rings. The fraction of sp³-hybridized carbons (Fsp3) is 0.412. The fourth-order valence-electron chi connectivity index (χ4n) is 2.39. The number of hydrogen-bond acceptors (Lipinski definition) is 6. The molecule has 0 aliphatic carbocycles. The van der Waals surface area contributed by atoms with Gasteiger partial charge in [-0.15, -0.1) is 0 Å². The molecule has 24 heavy (non-hydrogen) atoms. The molecule has 0 saturated carbocycles. The molecule has 2 unspecified atom stereocenters. The Kier molecular flexibility index (Phi) is 5.00. The van der Waals surface area contributed by atoms with Gasteiger partial charge in [0.25, 0.3) is 5.69 Å². The van der Waals surface area contributed by atoms with Crippen LogP contribution in [0.25, 0.3) is 10.9 Å². The fourth-order valence-corrected chi connectivity index (χ4v) is 2.39. The van der Waals surface area contributed by atoms with Crippen molar-refractivity contribution < 1.29 is 10.0 Å². The van der Waals surface area contributed by atoms with Crippen LogP contribution in [0.15, 0.2) is 24.3 Å². The Bertz CT molecular complexity index is 811. The van der Waals surface area contributed by atoms with Crippen molar-refractivity contribution in [1.82, 2.24) is 4.98 Å². The summed E-state index contributed by atoms with van der Waals surface area (Å²) in [6.45, 7) is 6.02. The van der Waals surface area contributed by atoms with E-state index in [1.54, 1.807) is 13.0 Å². The number of aromatic nitrogens is 1. The van der Waals surface area contributed by atoms with Gasteiger partial charge in [-0.3, -0.25) is 10.1 Å². The zero-order valence-electron chi connectivity index (χ0n) is 13.9. The van der Waals surface area contributed by atoms with Crippen LogP contribution < -0.4 is 5.32 Å². The van der Waals surface area contributed by atoms with Crippen LogP contribution in [0.4, 0.5) is 11.5 Å². The minimum atomic E-state index is -0.909. The maximum atomic E-state index is 10.9. The van der Waals surface area contributed by atoms with Crippen molar-refractivity contribution in [3.05, 3.63) is 39.9 Å². The molecule has 0 saturated heterocycles. The Labute approximate surface area is 140 Å². The van der Waals surface area contributed by atoms with Gasteiger partial charge in [-0.25, -0.2) is 4.98 Å². The number of nitriles is 1. The molecule has 126 valence electrons. The molecule has 1 aromatic carbocycles. The Morgan fingerprint density at radius 1 is 1.50 bits per heavy atom. The van der Waals surface area contributed by atoms with Crippen molar-refractivity contribution in [1.29, 1.82) is 5.26 Å². The number of fused-ring (bicyclic) bond motifs is 1. The van der Waals surface area contributed by atoms with Gasteiger partial charge in [-0.2, -0.15) is 5.26 Å². The summed E-state index contributed by atoms with van der Waals surface area (Å²) in [5.74, 6) is 0.556. The SMILES string of the molecule is CCC(C)C(C)(O)CNc1cc(C#N)c2cc([N+](=O)[O-])ccc2n1. The number of nitrogens with zero attached hydrogens (tertiary/aromatic N) is 3. The van der Waals surface area contributed by atoms with Crippen LogP contribution in [0.1, 0.15) is 32.8 Å². The van der Waals surface area contributed by atoms with E-state index in [1.807, 2.05) is 19.9 Å². The highest BCUT2D eigenvalue weighted by Crippen LogP contribution is 2.26. The molecule has 0 aliphatic rings. The first-order chi connectivity index (χ1) is 11.3. The Morgan fingerprint density at radius 3 is 2.79 bits per heavy atom. The highest BCUT2D eigenvalue weighted by Gasteiger charge is 2.26. The molecular weight excluding hydrogens is 308 g/mol. The standard InChI is InChI=1S/C17H20N4O3/c1-4-11(2)17(3,22)10-19-16-7-12(9-18)14-8-13(21(23)24)5-6-15(14)20-16/h5-8,11,22H,4,10H2,1-3H3,(H,19,20). The molecule has 2 aromatic rings. The lowest BCUT2D eigenvalue weighted by Gasteiger charge is -2.30. The van der Waals surface area contributed by atoms with Gasteiger partial charge in [0.05, 0.1) is 27.7 Å². The average Bonchev–Trinajstić information content (AvgIpc) is 2.57. The van der Waals surface area contributed by atoms with E-state index in [2.05, 4.69) is 10.3 Å². The van der Waals surface area contributed by atoms with Crippen LogP contribution >= 0.6 is 0 Å². The number of non-ortho nitro benzene ring substituents is 1. The van der Waals surface area contributed by atoms with E-state index in [-0.39, 0.29) is 11.6 Å². The molecular formula is C17H20N4O3. The predicted molar refractivity (Wildman–Crippen MR) is 91.7 cm³/mol. The highest BCUT2D eigenvalue weighted by molar-refractivity contribution is 5.88. The molecule has 1 aromatic heterocycles. The van der Waals surface area contributed by atoms with Crippen LogP contribution in [-0.4, -0.2) is 27.2 Å². The number of hydrogen-bond donors (Lipinski definition) is 2. The van der Waals surface area contributed by atoms with Gasteiger partial charge in [-0.1, -0.05) is 20.3 Å². The van der Waals surface area contributed by atoms with Crippen molar-refractivity contribution in [3.63, 3.8) is 0 Å². The first kappa shape index (κ1) is 17.6. The van der Waals surface area contributed by atoms with Crippen LogP contribution in [0, 0.1) is 27.4 Å². The lowest BCUT2D eigenvalue weighted by Crippen LogP contribution is -2.40. The summed E-state index contributed by atoms with van der Waals surface area (Å²) < 4.78 is 0. The van der Waals surface area contributed by atoms with Gasteiger partial charge in [0.1, 0.15) is 5.82 Å². The van der Waals surface area contributed by atoms with Crippen LogP contribution in [0.2, 0.25) is 0 Å². The number of rotatable bonds is 6. The number of benzene rings is 1. The number of pyridine rings is 1. The van der Waals surface area contributed by atoms with Gasteiger partial charge >= 0.3 is 0 Å². The molecule has 7 heteroatoms. The lowest BCUT2D eigenvalue weighted by molar-refractivity contribution is -0.384. The number of nitrogens with one attached hydrogen (secondary N) is 1. The second-order valence-corrected chi connectivity index (χ2v) is 6.15. The maximum Gasteiger partial charge on any atom is 0.270 e. The summed E-state index contributed by atoms with van der Waals surface area (Å²) in [5, 5.41) is 34.1. The molecule has 0 bridgehead atoms. The zero-order chi connectivity index (χ0) is 17.9. The largest absolute Gasteiger partial charge is 0.388 e. The summed E-state index contributed by atoms with van der Waals surface area (Å²) in [7, 11) is 0. The van der Waals surface area contributed by atoms with Crippen molar-refractivity contribution in [2.75, 3.05) is 11.9 Å². The Balaban J connectivity index is 2.35. The van der Waals surface area contributed by atoms with E-state index >= 15 is 0 Å². The van der Waals surface area contributed by atoms with Crippen molar-refractivity contribution in [2.24, 2.45) is 5.92 Å². The molecule has 0 spiro atoms. The van der Waals surface area contributed by atoms with Gasteiger partial charge < -0.3 is 10.4 Å². The van der Waals surface area contributed by atoms with E-state index in [0.29, 0.717) is 28.8 Å². The molecule has 2 rings (SSSR count). The maximum absolute atomic E-state index is 10.9. The van der Waals surface area contributed by atoms with Gasteiger partial charge in [-0.05, 0) is 25.0 Å². The smallest absolute Gasteiger partial charge is 0.270 e. The highest BCUT2D eigenvalue weighted by atomic mass is 16.6. The first-order valence-electron chi connectivity index (χ1n) is 7.74. The number of aliphatic hydroxyl groups is 1. The van der Waals surface area contributed by atoms with E-state index in [0.717, 1.165) is 6.42 Å². The van der Waals surface area contributed by atoms with Crippen LogP contribution in [0.3, 0.4) is 0 Å². The van der Waals surface area contributed by atoms with Gasteiger partial charge in [0.15, 0.2) is 0 Å². The molecule has 7 nitrogen and oxygen atoms in total. The summed E-state index contributed by atoms with van der Waals surface area (Å²) in [6, 6.07) is 7.81. The lowest BCUT2D eigenvalue weighted by atomic mass is 9.88. The molecule has 1 heterocycles. The minimum absolute atomic E-state index is 0.0822. The monoisotopic (exact) mass is 328 g/mol. The van der Waals surface area contributed by atoms with E-state index in [4.69, 9.17) is 0 Å². The van der Waals surface area contributed by atoms with Gasteiger partial charge in [0.2, 0.25) is 0 Å². The third-order valence-electron chi connectivity index (χ3n) is 4.42. The predicted octanol–water partition coefficient (Wildman–Crippen LogP) is 3.22. The summed E-state index contributed by atoms with van der Waals surface area (Å²) in [4.78, 5) is 14.8. The van der Waals surface area contributed by atoms with Crippen molar-refractivity contribution in [2.45, 2.75) is 32.8 Å². The third kappa shape index (κ3) is 3.60. The Hall–Kier alpha value is -2.72. The zero-order valence-corrected chi connectivity index (χ0v) is 13.9. The molecule has 0 amide bonds. The molecule has 2 atom stereocenters. The summed E-state index contributed by atoms with van der Waals surface area (Å²) in [5.41, 5.74) is -0.200. The second-order valence-electron chi connectivity index (χ2n) is 6.15. The molecule has 0 radical (unpaired) electrons. The van der Waals surface area contributed by atoms with Crippen molar-refractivity contribution >= 4 is 22.4 Å². The number of nitro groups is 1. The third-order valence-corrected chi connectivity index (χ3v) is 4.42. The number of nitro benzene ring substituents is 1. The molecule has 2 N–H and O–H groups in total. The van der Waals surface area contributed by atoms with E-state index < -0.39 is 10.5 Å². The van der Waals surface area contributed by atoms with E-state index in [9.17, 15) is 20.5 Å². The van der Waals surface area contributed by atoms with Crippen molar-refractivity contribution in [3.8, 4) is 6.07 Å². The van der Waals surface area contributed by atoms with Gasteiger partial charge in [0, 0.05) is 24.1 Å². The van der Waals surface area contributed by atoms with E-state index in [1.165, 1.54) is 18.2 Å². The minimum Gasteiger partial charge on any atom is -0.388 e. The first-order valence-corrected chi connectivity index (χ1v) is 7.74. The topological polar surface area (TPSA) is 112 Å². The Morgan fingerprint density at radius 2 is 2.21 bits per heavy atom. The summed E-state index contributed by atoms with van der Waals surface area (Å²) >= 11 is 0. The van der Waals surface area contributed by atoms with Crippen LogP contribution in [-0.2, 0) is 0 Å². The summed E-state index contributed by atoms with van der Waals surface area (Å²) in [6.07, 6.45) is 0.840. The quantitative estimate of drug-likeness (QED) is 0.622. The molecule has 0 aliphatic heterocycles.